The van der Waals surface area contributed by atoms with Crippen LogP contribution in [0.5, 0.6) is 0 Å². The molecule has 2 aromatic heterocycles. The topological polar surface area (TPSA) is 51.5 Å². The molecule has 1 aliphatic rings. The van der Waals surface area contributed by atoms with Gasteiger partial charge >= 0.3 is 0 Å². The Morgan fingerprint density at radius 2 is 2.47 bits per heavy atom. The summed E-state index contributed by atoms with van der Waals surface area (Å²) >= 11 is 0. The fourth-order valence-electron chi connectivity index (χ4n) is 1.73. The summed E-state index contributed by atoms with van der Waals surface area (Å²) in [6, 6.07) is 5.97. The Hall–Kier alpha value is -1.46. The third-order valence-corrected chi connectivity index (χ3v) is 2.49. The van der Waals surface area contributed by atoms with Crippen molar-refractivity contribution in [3.63, 3.8) is 0 Å². The van der Waals surface area contributed by atoms with E-state index in [-0.39, 0.29) is 6.04 Å². The van der Waals surface area contributed by atoms with Gasteiger partial charge in [0.05, 0.1) is 19.3 Å². The van der Waals surface area contributed by atoms with Gasteiger partial charge in [-0.05, 0) is 12.1 Å². The minimum absolute atomic E-state index is 0.124. The molecule has 1 N–H and O–H groups in total. The van der Waals surface area contributed by atoms with Gasteiger partial charge in [0.15, 0.2) is 11.5 Å². The first-order chi connectivity index (χ1) is 7.43. The van der Waals surface area contributed by atoms with Gasteiger partial charge in [-0.25, -0.2) is 9.50 Å². The van der Waals surface area contributed by atoms with Crippen molar-refractivity contribution in [2.75, 3.05) is 19.8 Å². The molecule has 1 fully saturated rings. The molecule has 3 rings (SSSR count). The smallest absolute Gasteiger partial charge is 0.170 e. The van der Waals surface area contributed by atoms with E-state index in [1.54, 1.807) is 4.52 Å². The molecule has 0 aromatic carbocycles. The van der Waals surface area contributed by atoms with E-state index in [2.05, 4.69) is 15.4 Å². The van der Waals surface area contributed by atoms with E-state index in [0.717, 1.165) is 24.6 Å². The number of nitrogens with one attached hydrogen (secondary N) is 1. The summed E-state index contributed by atoms with van der Waals surface area (Å²) < 4.78 is 7.16. The number of aromatic nitrogens is 3. The third kappa shape index (κ3) is 1.60. The Balaban J connectivity index is 1.96. The van der Waals surface area contributed by atoms with Gasteiger partial charge in [0.2, 0.25) is 0 Å². The summed E-state index contributed by atoms with van der Waals surface area (Å²) in [5, 5.41) is 7.73. The van der Waals surface area contributed by atoms with Crippen LogP contribution in [0.3, 0.4) is 0 Å². The Morgan fingerprint density at radius 3 is 3.27 bits per heavy atom. The second kappa shape index (κ2) is 3.60. The average molecular weight is 204 g/mol. The molecule has 78 valence electrons. The van der Waals surface area contributed by atoms with Crippen molar-refractivity contribution >= 4 is 5.65 Å². The first kappa shape index (κ1) is 8.82. The first-order valence-electron chi connectivity index (χ1n) is 5.06. The highest BCUT2D eigenvalue weighted by molar-refractivity contribution is 5.36. The van der Waals surface area contributed by atoms with E-state index in [1.807, 2.05) is 24.4 Å². The summed E-state index contributed by atoms with van der Waals surface area (Å²) in [6.45, 7) is 2.28. The van der Waals surface area contributed by atoms with E-state index >= 15 is 0 Å². The number of hydrogen-bond donors (Lipinski definition) is 1. The standard InChI is InChI=1S/C10H12N4O/c1-2-5-14-9(3-1)12-10(13-14)8-7-15-6-4-11-8/h1-3,5,8,11H,4,6-7H2. The lowest BCUT2D eigenvalue weighted by Crippen LogP contribution is -2.35. The van der Waals surface area contributed by atoms with E-state index < -0.39 is 0 Å². The predicted octanol–water partition coefficient (Wildman–Crippen LogP) is 0.390. The molecule has 1 unspecified atom stereocenters. The second-order valence-electron chi connectivity index (χ2n) is 3.56. The molecule has 2 aromatic rings. The van der Waals surface area contributed by atoms with Crippen LogP contribution in [0, 0.1) is 0 Å². The van der Waals surface area contributed by atoms with Crippen molar-refractivity contribution < 1.29 is 4.74 Å². The van der Waals surface area contributed by atoms with Crippen LogP contribution in [-0.2, 0) is 4.74 Å². The molecule has 15 heavy (non-hydrogen) atoms. The SMILES string of the molecule is c1ccn2nc(C3COCCN3)nc2c1. The number of morpholine rings is 1. The van der Waals surface area contributed by atoms with Crippen molar-refractivity contribution in [2.45, 2.75) is 6.04 Å². The summed E-state index contributed by atoms with van der Waals surface area (Å²) in [4.78, 5) is 4.45. The highest BCUT2D eigenvalue weighted by Crippen LogP contribution is 2.12. The van der Waals surface area contributed by atoms with Gasteiger partial charge in [0, 0.05) is 12.7 Å². The number of ether oxygens (including phenoxy) is 1. The Kier molecular flexibility index (Phi) is 2.12. The van der Waals surface area contributed by atoms with Crippen LogP contribution < -0.4 is 5.32 Å². The molecule has 3 heterocycles. The highest BCUT2D eigenvalue weighted by Gasteiger charge is 2.19. The first-order valence-corrected chi connectivity index (χ1v) is 5.06. The van der Waals surface area contributed by atoms with E-state index in [1.165, 1.54) is 0 Å². The van der Waals surface area contributed by atoms with E-state index in [0.29, 0.717) is 6.61 Å². The van der Waals surface area contributed by atoms with Gasteiger partial charge in [-0.2, -0.15) is 0 Å². The molecule has 0 aliphatic carbocycles. The Morgan fingerprint density at radius 1 is 1.47 bits per heavy atom. The molecule has 0 bridgehead atoms. The molecule has 0 radical (unpaired) electrons. The van der Waals surface area contributed by atoms with Gasteiger partial charge < -0.3 is 10.1 Å². The van der Waals surface area contributed by atoms with Crippen molar-refractivity contribution in [3.05, 3.63) is 30.2 Å². The van der Waals surface area contributed by atoms with Gasteiger partial charge in [-0.3, -0.25) is 0 Å². The largest absolute Gasteiger partial charge is 0.378 e. The zero-order valence-electron chi connectivity index (χ0n) is 8.26. The van der Waals surface area contributed by atoms with Gasteiger partial charge in [-0.15, -0.1) is 5.10 Å². The molecule has 0 saturated carbocycles. The number of fused-ring (bicyclic) bond motifs is 1. The van der Waals surface area contributed by atoms with Crippen LogP contribution in [0.25, 0.3) is 5.65 Å². The van der Waals surface area contributed by atoms with Crippen LogP contribution in [-0.4, -0.2) is 34.4 Å². The zero-order chi connectivity index (χ0) is 10.1. The quantitative estimate of drug-likeness (QED) is 0.730. The van der Waals surface area contributed by atoms with Crippen molar-refractivity contribution in [3.8, 4) is 0 Å². The second-order valence-corrected chi connectivity index (χ2v) is 3.56. The summed E-state index contributed by atoms with van der Waals surface area (Å²) in [6.07, 6.45) is 1.90. The highest BCUT2D eigenvalue weighted by atomic mass is 16.5. The Bertz CT molecular complexity index is 428. The Labute approximate surface area is 87.1 Å². The van der Waals surface area contributed by atoms with Crippen LogP contribution >= 0.6 is 0 Å². The number of rotatable bonds is 1. The maximum Gasteiger partial charge on any atom is 0.170 e. The fourth-order valence-corrected chi connectivity index (χ4v) is 1.73. The molecule has 5 heteroatoms. The van der Waals surface area contributed by atoms with E-state index in [4.69, 9.17) is 4.74 Å². The lowest BCUT2D eigenvalue weighted by Gasteiger charge is -2.20. The predicted molar refractivity (Wildman–Crippen MR) is 54.5 cm³/mol. The zero-order valence-corrected chi connectivity index (χ0v) is 8.26. The van der Waals surface area contributed by atoms with Crippen LogP contribution in [0.2, 0.25) is 0 Å². The normalized spacial score (nSPS) is 22.0. The van der Waals surface area contributed by atoms with Crippen molar-refractivity contribution in [1.29, 1.82) is 0 Å². The van der Waals surface area contributed by atoms with Crippen molar-refractivity contribution in [1.82, 2.24) is 19.9 Å². The third-order valence-electron chi connectivity index (χ3n) is 2.49. The molecule has 0 spiro atoms. The van der Waals surface area contributed by atoms with Crippen LogP contribution in [0.1, 0.15) is 11.9 Å². The molecular formula is C10H12N4O. The van der Waals surface area contributed by atoms with Gasteiger partial charge in [0.1, 0.15) is 0 Å². The van der Waals surface area contributed by atoms with Crippen molar-refractivity contribution in [2.24, 2.45) is 0 Å². The molecule has 1 aliphatic heterocycles. The minimum atomic E-state index is 0.124. The number of pyridine rings is 1. The summed E-state index contributed by atoms with van der Waals surface area (Å²) in [7, 11) is 0. The summed E-state index contributed by atoms with van der Waals surface area (Å²) in [5.41, 5.74) is 0.875. The fraction of sp³-hybridized carbons (Fsp3) is 0.400. The molecule has 0 amide bonds. The molecule has 1 saturated heterocycles. The van der Waals surface area contributed by atoms with E-state index in [9.17, 15) is 0 Å². The monoisotopic (exact) mass is 204 g/mol. The minimum Gasteiger partial charge on any atom is -0.378 e. The lowest BCUT2D eigenvalue weighted by atomic mass is 10.3. The lowest BCUT2D eigenvalue weighted by molar-refractivity contribution is 0.0743. The number of hydrogen-bond acceptors (Lipinski definition) is 4. The summed E-state index contributed by atoms with van der Waals surface area (Å²) in [5.74, 6) is 0.806. The average Bonchev–Trinajstić information content (AvgIpc) is 2.74. The number of nitrogens with zero attached hydrogens (tertiary/aromatic N) is 3. The maximum atomic E-state index is 5.38. The maximum absolute atomic E-state index is 5.38. The molecule has 1 atom stereocenters. The van der Waals surface area contributed by atoms with Crippen LogP contribution in [0.15, 0.2) is 24.4 Å². The van der Waals surface area contributed by atoms with Gasteiger partial charge in [0.25, 0.3) is 0 Å². The van der Waals surface area contributed by atoms with Crippen LogP contribution in [0.4, 0.5) is 0 Å². The molecular weight excluding hydrogens is 192 g/mol. The molecule has 5 nitrogen and oxygen atoms in total. The van der Waals surface area contributed by atoms with Gasteiger partial charge in [-0.1, -0.05) is 6.07 Å².